The van der Waals surface area contributed by atoms with Gasteiger partial charge in [-0.15, -0.1) is 0 Å². The van der Waals surface area contributed by atoms with Crippen LogP contribution in [0.2, 0.25) is 0 Å². The Labute approximate surface area is 183 Å². The molecule has 0 saturated carbocycles. The second kappa shape index (κ2) is 9.28. The van der Waals surface area contributed by atoms with E-state index in [0.29, 0.717) is 5.41 Å². The first-order valence-corrected chi connectivity index (χ1v) is 8.70. The summed E-state index contributed by atoms with van der Waals surface area (Å²) in [6.45, 7) is 0. The number of hydrogen-bond acceptors (Lipinski definition) is 4. The average molecular weight is 446 g/mol. The van der Waals surface area contributed by atoms with Crippen LogP contribution in [0.1, 0.15) is 27.2 Å². The summed E-state index contributed by atoms with van der Waals surface area (Å²) in [6.07, 6.45) is -8.14. The summed E-state index contributed by atoms with van der Waals surface area (Å²) in [7, 11) is -4.66. The Morgan fingerprint density at radius 1 is 1.00 bits per heavy atom. The molecule has 0 aliphatic carbocycles. The fourth-order valence-corrected chi connectivity index (χ4v) is 2.67. The van der Waals surface area contributed by atoms with E-state index < -0.39 is 45.0 Å². The van der Waals surface area contributed by atoms with Crippen LogP contribution < -0.4 is 29.6 Å². The van der Waals surface area contributed by atoms with Gasteiger partial charge in [0.25, 0.3) is 0 Å². The number of alkyl halides is 6. The number of benzene rings is 1. The zero-order valence-electron chi connectivity index (χ0n) is 14.5. The molecular weight excluding hydrogens is 437 g/mol. The smallest absolute Gasteiger partial charge is 0.538 e. The van der Waals surface area contributed by atoms with Gasteiger partial charge in [-0.25, -0.2) is 8.42 Å². The number of carbonyl (C=O) groups excluding carboxylic acids is 1. The van der Waals surface area contributed by atoms with E-state index in [1.165, 1.54) is 18.3 Å². The second-order valence-corrected chi connectivity index (χ2v) is 6.71. The van der Waals surface area contributed by atoms with Crippen molar-refractivity contribution >= 4 is 22.0 Å². The number of halogens is 6. The van der Waals surface area contributed by atoms with Gasteiger partial charge in [0, 0.05) is 17.2 Å². The molecule has 0 aliphatic heterocycles. The van der Waals surface area contributed by atoms with Crippen molar-refractivity contribution in [3.8, 4) is 0 Å². The molecule has 0 radical (unpaired) electrons. The number of carbonyl (C=O) groups is 1. The van der Waals surface area contributed by atoms with Gasteiger partial charge in [0.1, 0.15) is 10.0 Å². The average Bonchev–Trinajstić information content (AvgIpc) is 2.58. The van der Waals surface area contributed by atoms with Crippen LogP contribution in [0.4, 0.5) is 26.3 Å². The molecule has 150 valence electrons. The van der Waals surface area contributed by atoms with Gasteiger partial charge in [-0.2, -0.15) is 26.3 Å². The topological polar surface area (TPSA) is 78.2 Å². The zero-order chi connectivity index (χ0) is 21.2. The molecule has 5 nitrogen and oxygen atoms in total. The van der Waals surface area contributed by atoms with E-state index in [1.54, 1.807) is 6.07 Å². The van der Waals surface area contributed by atoms with E-state index in [-0.39, 0.29) is 53.5 Å². The van der Waals surface area contributed by atoms with Crippen molar-refractivity contribution in [2.45, 2.75) is 12.4 Å². The van der Waals surface area contributed by atoms with Gasteiger partial charge in [-0.05, 0) is 30.3 Å². The Balaban J connectivity index is 0.00000420. The number of nitrogens with zero attached hydrogens (tertiary/aromatic N) is 2. The van der Waals surface area contributed by atoms with E-state index in [4.69, 9.17) is 0 Å². The summed E-state index contributed by atoms with van der Waals surface area (Å²) in [5.41, 5.74) is -4.75. The first kappa shape index (κ1) is 25.1. The predicted octanol–water partition coefficient (Wildman–Crippen LogP) is 1.64. The molecule has 2 aromatic rings. The number of sulfonamides is 1. The van der Waals surface area contributed by atoms with Crippen molar-refractivity contribution in [1.29, 1.82) is 0 Å². The minimum Gasteiger partial charge on any atom is -0.538 e. The maximum absolute atomic E-state index is 13.0. The second-order valence-electron chi connectivity index (χ2n) is 5.22. The summed E-state index contributed by atoms with van der Waals surface area (Å²) >= 11 is 0. The maximum atomic E-state index is 13.0. The number of aromatic nitrogens is 1. The molecule has 0 N–H and O–H groups in total. The molecule has 0 bridgehead atoms. The quantitative estimate of drug-likeness (QED) is 0.529. The van der Waals surface area contributed by atoms with E-state index >= 15 is 0 Å². The molecular formula is C16H9F6N2NaO3S. The Morgan fingerprint density at radius 2 is 1.66 bits per heavy atom. The SMILES string of the molecule is O=C([N-]S(=O)(=O)/C=C/c1ccccn1)c1ccc(C(F)(F)F)cc1C(F)(F)F.[Na+]. The van der Waals surface area contributed by atoms with Crippen LogP contribution in [0.5, 0.6) is 0 Å². The summed E-state index contributed by atoms with van der Waals surface area (Å²) < 4.78 is 103. The van der Waals surface area contributed by atoms with Crippen molar-refractivity contribution in [1.82, 2.24) is 4.98 Å². The van der Waals surface area contributed by atoms with Crippen molar-refractivity contribution in [2.75, 3.05) is 0 Å². The molecule has 2 rings (SSSR count). The maximum Gasteiger partial charge on any atom is 1.00 e. The van der Waals surface area contributed by atoms with Gasteiger partial charge in [-0.1, -0.05) is 12.1 Å². The number of amides is 1. The van der Waals surface area contributed by atoms with Crippen molar-refractivity contribution in [3.05, 3.63) is 75.1 Å². The first-order chi connectivity index (χ1) is 12.8. The van der Waals surface area contributed by atoms with Gasteiger partial charge < -0.3 is 9.52 Å². The summed E-state index contributed by atoms with van der Waals surface area (Å²) in [6, 6.07) is 4.66. The van der Waals surface area contributed by atoms with Crippen LogP contribution in [0.25, 0.3) is 10.8 Å². The number of pyridine rings is 1. The summed E-state index contributed by atoms with van der Waals surface area (Å²) in [5.74, 6) is -1.85. The monoisotopic (exact) mass is 446 g/mol. The molecule has 0 saturated heterocycles. The standard InChI is InChI=1S/C16H10F6N2O3S.Na/c17-15(18,19)10-4-5-12(13(9-10)16(20,21)22)14(25)24-28(26,27)8-6-11-3-1-2-7-23-11;/h1-9H,(H,24,25);/q;+1/p-1/b8-6+;. The van der Waals surface area contributed by atoms with E-state index in [1.807, 2.05) is 0 Å². The van der Waals surface area contributed by atoms with Crippen molar-refractivity contribution in [3.63, 3.8) is 0 Å². The Morgan fingerprint density at radius 3 is 2.17 bits per heavy atom. The van der Waals surface area contributed by atoms with Gasteiger partial charge in [0.15, 0.2) is 0 Å². The normalized spacial score (nSPS) is 12.5. The molecule has 0 aliphatic rings. The fraction of sp³-hybridized carbons (Fsp3) is 0.125. The van der Waals surface area contributed by atoms with Gasteiger partial charge in [0.05, 0.1) is 22.7 Å². The van der Waals surface area contributed by atoms with Crippen molar-refractivity contribution in [2.24, 2.45) is 0 Å². The minimum absolute atomic E-state index is 0. The third kappa shape index (κ3) is 7.14. The fourth-order valence-electron chi connectivity index (χ4n) is 1.97. The van der Waals surface area contributed by atoms with Crippen LogP contribution >= 0.6 is 0 Å². The van der Waals surface area contributed by atoms with E-state index in [0.717, 1.165) is 6.08 Å². The van der Waals surface area contributed by atoms with Crippen LogP contribution in [-0.2, 0) is 22.4 Å². The Kier molecular flexibility index (Phi) is 8.05. The minimum atomic E-state index is -5.34. The molecule has 0 unspecified atom stereocenters. The third-order valence-electron chi connectivity index (χ3n) is 3.19. The van der Waals surface area contributed by atoms with E-state index in [9.17, 15) is 39.6 Å². The molecule has 0 fully saturated rings. The van der Waals surface area contributed by atoms with Gasteiger partial charge in [-0.3, -0.25) is 4.98 Å². The summed E-state index contributed by atoms with van der Waals surface area (Å²) in [5, 5.41) is 0.435. The van der Waals surface area contributed by atoms with Crippen LogP contribution in [-0.4, -0.2) is 19.3 Å². The number of hydrogen-bond donors (Lipinski definition) is 0. The molecule has 0 spiro atoms. The molecule has 1 aromatic carbocycles. The molecule has 13 heteroatoms. The van der Waals surface area contributed by atoms with Crippen LogP contribution in [0, 0.1) is 0 Å². The van der Waals surface area contributed by atoms with Crippen molar-refractivity contribution < 1.29 is 69.1 Å². The molecule has 29 heavy (non-hydrogen) atoms. The molecule has 1 heterocycles. The van der Waals surface area contributed by atoms with Crippen LogP contribution in [0.3, 0.4) is 0 Å². The Hall–Kier alpha value is -1.89. The molecule has 0 atom stereocenters. The van der Waals surface area contributed by atoms with Gasteiger partial charge in [0.2, 0.25) is 0 Å². The van der Waals surface area contributed by atoms with Gasteiger partial charge >= 0.3 is 41.9 Å². The van der Waals surface area contributed by atoms with E-state index in [2.05, 4.69) is 9.71 Å². The number of rotatable bonds is 4. The first-order valence-electron chi connectivity index (χ1n) is 7.19. The van der Waals surface area contributed by atoms with Crippen LogP contribution in [0.15, 0.2) is 48.0 Å². The third-order valence-corrected chi connectivity index (χ3v) is 4.09. The molecule has 1 amide bonds. The predicted molar refractivity (Wildman–Crippen MR) is 86.3 cm³/mol. The largest absolute Gasteiger partial charge is 1.00 e. The Bertz CT molecular complexity index is 1010. The summed E-state index contributed by atoms with van der Waals surface area (Å²) in [4.78, 5) is 15.7. The molecule has 1 aromatic heterocycles. The zero-order valence-corrected chi connectivity index (χ0v) is 17.3.